The molecule has 0 radical (unpaired) electrons. The van der Waals surface area contributed by atoms with Gasteiger partial charge in [-0.1, -0.05) is 0 Å². The van der Waals surface area contributed by atoms with E-state index in [0.717, 1.165) is 23.7 Å². The summed E-state index contributed by atoms with van der Waals surface area (Å²) in [6.07, 6.45) is 3.06. The molecule has 4 heteroatoms. The van der Waals surface area contributed by atoms with Crippen molar-refractivity contribution in [3.63, 3.8) is 0 Å². The molecule has 0 aromatic rings. The summed E-state index contributed by atoms with van der Waals surface area (Å²) in [6, 6.07) is 0. The highest BCUT2D eigenvalue weighted by Gasteiger charge is 2.05. The molecule has 0 amide bonds. The molecule has 0 aliphatic heterocycles. The van der Waals surface area contributed by atoms with Gasteiger partial charge in [-0.2, -0.15) is 0 Å². The zero-order chi connectivity index (χ0) is 11.0. The average Bonchev–Trinajstić information content (AvgIpc) is 2.00. The molecular formula is C10H22NO3+. The van der Waals surface area contributed by atoms with E-state index < -0.39 is 6.16 Å². The van der Waals surface area contributed by atoms with Gasteiger partial charge in [0.05, 0.1) is 34.3 Å². The quantitative estimate of drug-likeness (QED) is 0.391. The highest BCUT2D eigenvalue weighted by atomic mass is 16.7. The minimum atomic E-state index is -1.17. The molecule has 0 atom stereocenters. The molecule has 0 rings (SSSR count). The Morgan fingerprint density at radius 3 is 2.21 bits per heavy atom. The van der Waals surface area contributed by atoms with Gasteiger partial charge in [-0.3, -0.25) is 0 Å². The molecule has 0 spiro atoms. The van der Waals surface area contributed by atoms with Crippen molar-refractivity contribution in [2.75, 3.05) is 34.3 Å². The first-order valence-corrected chi connectivity index (χ1v) is 5.08. The number of hydrogen-bond acceptors (Lipinski definition) is 2. The van der Waals surface area contributed by atoms with E-state index in [1.165, 1.54) is 13.0 Å². The van der Waals surface area contributed by atoms with Crippen LogP contribution in [0.4, 0.5) is 4.79 Å². The summed E-state index contributed by atoms with van der Waals surface area (Å²) >= 11 is 0. The van der Waals surface area contributed by atoms with Gasteiger partial charge in [0.2, 0.25) is 0 Å². The first kappa shape index (κ1) is 13.2. The van der Waals surface area contributed by atoms with Crippen LogP contribution in [0.1, 0.15) is 25.7 Å². The predicted molar refractivity (Wildman–Crippen MR) is 55.3 cm³/mol. The first-order valence-electron chi connectivity index (χ1n) is 5.08. The Bertz CT molecular complexity index is 163. The lowest BCUT2D eigenvalue weighted by atomic mass is 10.2. The lowest BCUT2D eigenvalue weighted by molar-refractivity contribution is -0.870. The molecule has 0 heterocycles. The second kappa shape index (κ2) is 6.65. The van der Waals surface area contributed by atoms with Crippen molar-refractivity contribution in [3.05, 3.63) is 0 Å². The highest BCUT2D eigenvalue weighted by Crippen LogP contribution is 2.03. The van der Waals surface area contributed by atoms with Gasteiger partial charge in [0.25, 0.3) is 0 Å². The minimum absolute atomic E-state index is 0.333. The van der Waals surface area contributed by atoms with Gasteiger partial charge in [-0.15, -0.1) is 0 Å². The van der Waals surface area contributed by atoms with E-state index in [4.69, 9.17) is 5.11 Å². The van der Waals surface area contributed by atoms with E-state index in [-0.39, 0.29) is 0 Å². The Morgan fingerprint density at radius 1 is 1.14 bits per heavy atom. The van der Waals surface area contributed by atoms with Crippen LogP contribution in [0.15, 0.2) is 0 Å². The molecule has 0 saturated carbocycles. The molecule has 0 fully saturated rings. The summed E-state index contributed by atoms with van der Waals surface area (Å²) < 4.78 is 5.39. The van der Waals surface area contributed by atoms with Gasteiger partial charge >= 0.3 is 6.16 Å². The van der Waals surface area contributed by atoms with Crippen molar-refractivity contribution in [1.82, 2.24) is 0 Å². The maximum Gasteiger partial charge on any atom is 0.505 e. The third-order valence-electron chi connectivity index (χ3n) is 1.95. The van der Waals surface area contributed by atoms with E-state index in [1.54, 1.807) is 0 Å². The van der Waals surface area contributed by atoms with Gasteiger partial charge in [0.15, 0.2) is 0 Å². The summed E-state index contributed by atoms with van der Waals surface area (Å²) in [7, 11) is 6.52. The second-order valence-corrected chi connectivity index (χ2v) is 4.54. The van der Waals surface area contributed by atoms with Crippen LogP contribution < -0.4 is 0 Å². The zero-order valence-electron chi connectivity index (χ0n) is 9.45. The number of quaternary nitrogens is 1. The summed E-state index contributed by atoms with van der Waals surface area (Å²) in [5.74, 6) is 0. The van der Waals surface area contributed by atoms with E-state index >= 15 is 0 Å². The van der Waals surface area contributed by atoms with E-state index in [9.17, 15) is 4.79 Å². The molecule has 0 aliphatic carbocycles. The molecule has 14 heavy (non-hydrogen) atoms. The second-order valence-electron chi connectivity index (χ2n) is 4.54. The number of rotatable bonds is 7. The van der Waals surface area contributed by atoms with E-state index in [2.05, 4.69) is 25.9 Å². The summed E-state index contributed by atoms with van der Waals surface area (Å²) in [6.45, 7) is 1.50. The zero-order valence-corrected chi connectivity index (χ0v) is 9.45. The Kier molecular flexibility index (Phi) is 6.28. The number of nitrogens with zero attached hydrogens (tertiary/aromatic N) is 1. The SMILES string of the molecule is C[N+](C)(C)CCCCCCOC(=O)O. The monoisotopic (exact) mass is 204 g/mol. The molecule has 4 nitrogen and oxygen atoms in total. The van der Waals surface area contributed by atoms with Crippen LogP contribution in [0.3, 0.4) is 0 Å². The van der Waals surface area contributed by atoms with Gasteiger partial charge in [0, 0.05) is 0 Å². The fourth-order valence-electron chi connectivity index (χ4n) is 1.20. The van der Waals surface area contributed by atoms with Crippen LogP contribution in [0.25, 0.3) is 0 Å². The van der Waals surface area contributed by atoms with E-state index in [0.29, 0.717) is 6.61 Å². The molecule has 84 valence electrons. The van der Waals surface area contributed by atoms with Crippen molar-refractivity contribution in [2.45, 2.75) is 25.7 Å². The Balaban J connectivity index is 3.11. The molecule has 0 aromatic heterocycles. The summed E-state index contributed by atoms with van der Waals surface area (Å²) in [4.78, 5) is 9.99. The number of unbranched alkanes of at least 4 members (excludes halogenated alkanes) is 3. The Labute approximate surface area is 86.1 Å². The molecule has 0 aliphatic rings. The largest absolute Gasteiger partial charge is 0.505 e. The lowest BCUT2D eigenvalue weighted by Crippen LogP contribution is -2.35. The van der Waals surface area contributed by atoms with Crippen molar-refractivity contribution < 1.29 is 19.1 Å². The van der Waals surface area contributed by atoms with Crippen molar-refractivity contribution in [2.24, 2.45) is 0 Å². The number of carboxylic acid groups (broad SMARTS) is 1. The van der Waals surface area contributed by atoms with Crippen LogP contribution >= 0.6 is 0 Å². The molecule has 0 unspecified atom stereocenters. The smallest absolute Gasteiger partial charge is 0.450 e. The third-order valence-corrected chi connectivity index (χ3v) is 1.95. The topological polar surface area (TPSA) is 46.5 Å². The van der Waals surface area contributed by atoms with Crippen LogP contribution in [0.2, 0.25) is 0 Å². The molecule has 0 bridgehead atoms. The van der Waals surface area contributed by atoms with Crippen LogP contribution in [0, 0.1) is 0 Å². The number of hydrogen-bond donors (Lipinski definition) is 1. The minimum Gasteiger partial charge on any atom is -0.450 e. The van der Waals surface area contributed by atoms with Crippen molar-refractivity contribution in [3.8, 4) is 0 Å². The average molecular weight is 204 g/mol. The normalized spacial score (nSPS) is 11.4. The molecule has 0 saturated heterocycles. The fourth-order valence-corrected chi connectivity index (χ4v) is 1.20. The molecular weight excluding hydrogens is 182 g/mol. The van der Waals surface area contributed by atoms with Crippen LogP contribution in [-0.2, 0) is 4.74 Å². The number of ether oxygens (including phenoxy) is 1. The number of carbonyl (C=O) groups is 1. The van der Waals surface area contributed by atoms with Crippen LogP contribution in [-0.4, -0.2) is 50.0 Å². The van der Waals surface area contributed by atoms with Gasteiger partial charge in [0.1, 0.15) is 0 Å². The van der Waals surface area contributed by atoms with E-state index in [1.807, 2.05) is 0 Å². The maximum absolute atomic E-state index is 9.99. The predicted octanol–water partition coefficient (Wildman–Crippen LogP) is 1.95. The lowest BCUT2D eigenvalue weighted by Gasteiger charge is -2.23. The fraction of sp³-hybridized carbons (Fsp3) is 0.900. The Morgan fingerprint density at radius 2 is 1.71 bits per heavy atom. The first-order chi connectivity index (χ1) is 6.42. The summed E-state index contributed by atoms with van der Waals surface area (Å²) in [5, 5.41) is 8.20. The standard InChI is InChI=1S/C10H21NO3/c1-11(2,3)8-6-4-5-7-9-14-10(12)13/h4-9H2,1-3H3/p+1. The molecule has 0 aromatic carbocycles. The van der Waals surface area contributed by atoms with Crippen molar-refractivity contribution >= 4 is 6.16 Å². The van der Waals surface area contributed by atoms with Gasteiger partial charge in [-0.25, -0.2) is 4.79 Å². The highest BCUT2D eigenvalue weighted by molar-refractivity contribution is 5.56. The summed E-state index contributed by atoms with van der Waals surface area (Å²) in [5.41, 5.74) is 0. The third kappa shape index (κ3) is 11.2. The van der Waals surface area contributed by atoms with Gasteiger partial charge in [-0.05, 0) is 25.7 Å². The molecule has 1 N–H and O–H groups in total. The Hall–Kier alpha value is -0.770. The van der Waals surface area contributed by atoms with Gasteiger partial charge < -0.3 is 14.3 Å². The maximum atomic E-state index is 9.99. The van der Waals surface area contributed by atoms with Crippen LogP contribution in [0.5, 0.6) is 0 Å². The van der Waals surface area contributed by atoms with Crippen molar-refractivity contribution in [1.29, 1.82) is 0 Å².